The van der Waals surface area contributed by atoms with E-state index < -0.39 is 17.0 Å². The van der Waals surface area contributed by atoms with Crippen molar-refractivity contribution in [2.24, 2.45) is 7.05 Å². The minimum absolute atomic E-state index is 0.102. The number of hydrazine groups is 1. The van der Waals surface area contributed by atoms with Gasteiger partial charge in [0.25, 0.3) is 11.5 Å². The number of rotatable bonds is 4. The van der Waals surface area contributed by atoms with E-state index in [2.05, 4.69) is 10.4 Å². The van der Waals surface area contributed by atoms with Crippen LogP contribution in [-0.2, 0) is 11.8 Å². The molecule has 0 radical (unpaired) electrons. The summed E-state index contributed by atoms with van der Waals surface area (Å²) in [5.74, 6) is -0.223. The average molecular weight is 440 g/mol. The smallest absolute Gasteiger partial charge is 0.273 e. The van der Waals surface area contributed by atoms with E-state index in [0.29, 0.717) is 10.6 Å². The molecular weight excluding hydrogens is 425 g/mol. The van der Waals surface area contributed by atoms with E-state index in [9.17, 15) is 14.9 Å². The highest BCUT2D eigenvalue weighted by atomic mass is 35.5. The lowest BCUT2D eigenvalue weighted by atomic mass is 9.95. The predicted octanol–water partition coefficient (Wildman–Crippen LogP) is 3.49. The molecule has 1 N–H and O–H groups in total. The number of nitriles is 1. The minimum atomic E-state index is -0.731. The van der Waals surface area contributed by atoms with Crippen LogP contribution in [0.1, 0.15) is 17.2 Å². The SMILES string of the molecule is Cn1c(NN2C(=O)C(Cl)C2c2ccccc2)nc(-c2ccc(Cl)cc2)c(C#N)c1=O. The summed E-state index contributed by atoms with van der Waals surface area (Å²) in [6.45, 7) is 0. The van der Waals surface area contributed by atoms with Crippen LogP contribution in [0.15, 0.2) is 59.4 Å². The molecule has 1 saturated heterocycles. The molecule has 1 aromatic heterocycles. The quantitative estimate of drug-likeness (QED) is 0.496. The monoisotopic (exact) mass is 439 g/mol. The second kappa shape index (κ2) is 7.82. The number of carbonyl (C=O) groups excluding carboxylic acids is 1. The molecule has 1 aliphatic rings. The third-order valence-corrected chi connectivity index (χ3v) is 5.59. The van der Waals surface area contributed by atoms with Crippen LogP contribution in [0, 0.1) is 11.3 Å². The number of alkyl halides is 1. The largest absolute Gasteiger partial charge is 0.279 e. The van der Waals surface area contributed by atoms with Gasteiger partial charge in [-0.15, -0.1) is 11.6 Å². The first kappa shape index (κ1) is 20.0. The van der Waals surface area contributed by atoms with Crippen LogP contribution in [0.4, 0.5) is 5.95 Å². The van der Waals surface area contributed by atoms with Crippen molar-refractivity contribution in [1.82, 2.24) is 14.6 Å². The van der Waals surface area contributed by atoms with Gasteiger partial charge in [-0.1, -0.05) is 54.1 Å². The number of hydrogen-bond donors (Lipinski definition) is 1. The molecule has 1 fully saturated rings. The number of nitrogens with one attached hydrogen (secondary N) is 1. The lowest BCUT2D eigenvalue weighted by Crippen LogP contribution is -2.59. The first-order valence-corrected chi connectivity index (χ1v) is 9.79. The van der Waals surface area contributed by atoms with Crippen LogP contribution in [-0.4, -0.2) is 25.8 Å². The summed E-state index contributed by atoms with van der Waals surface area (Å²) in [6, 6.07) is 17.4. The third-order valence-electron chi connectivity index (χ3n) is 4.91. The Kier molecular flexibility index (Phi) is 5.20. The van der Waals surface area contributed by atoms with Gasteiger partial charge in [0.15, 0.2) is 0 Å². The van der Waals surface area contributed by atoms with Crippen LogP contribution in [0.25, 0.3) is 11.3 Å². The van der Waals surface area contributed by atoms with Crippen molar-refractivity contribution >= 4 is 35.1 Å². The first-order valence-electron chi connectivity index (χ1n) is 8.98. The number of hydrogen-bond acceptors (Lipinski definition) is 5. The molecule has 1 aliphatic heterocycles. The van der Waals surface area contributed by atoms with Crippen molar-refractivity contribution in [3.8, 4) is 17.3 Å². The third kappa shape index (κ3) is 3.30. The molecule has 1 amide bonds. The fourth-order valence-corrected chi connectivity index (χ4v) is 3.76. The molecule has 150 valence electrons. The molecule has 30 heavy (non-hydrogen) atoms. The van der Waals surface area contributed by atoms with Crippen LogP contribution < -0.4 is 11.0 Å². The zero-order valence-electron chi connectivity index (χ0n) is 15.7. The molecular formula is C21H15Cl2N5O2. The highest BCUT2D eigenvalue weighted by molar-refractivity contribution is 6.33. The number of benzene rings is 2. The number of amides is 1. The van der Waals surface area contributed by atoms with E-state index in [1.165, 1.54) is 16.6 Å². The summed E-state index contributed by atoms with van der Waals surface area (Å²) in [6.07, 6.45) is 0. The van der Waals surface area contributed by atoms with Crippen molar-refractivity contribution in [1.29, 1.82) is 5.26 Å². The molecule has 4 rings (SSSR count). The molecule has 7 nitrogen and oxygen atoms in total. The van der Waals surface area contributed by atoms with Crippen molar-refractivity contribution in [2.45, 2.75) is 11.4 Å². The molecule has 2 atom stereocenters. The van der Waals surface area contributed by atoms with Gasteiger partial charge in [-0.25, -0.2) is 9.99 Å². The van der Waals surface area contributed by atoms with Gasteiger partial charge in [0.1, 0.15) is 23.1 Å². The number of carbonyl (C=O) groups is 1. The van der Waals surface area contributed by atoms with E-state index >= 15 is 0 Å². The van der Waals surface area contributed by atoms with Gasteiger partial charge in [-0.05, 0) is 17.7 Å². The summed E-state index contributed by atoms with van der Waals surface area (Å²) in [7, 11) is 1.48. The Morgan fingerprint density at radius 1 is 1.10 bits per heavy atom. The Balaban J connectivity index is 1.76. The van der Waals surface area contributed by atoms with Gasteiger partial charge in [0, 0.05) is 17.6 Å². The maximum Gasteiger partial charge on any atom is 0.273 e. The van der Waals surface area contributed by atoms with Crippen molar-refractivity contribution in [3.05, 3.63) is 81.1 Å². The van der Waals surface area contributed by atoms with Crippen LogP contribution >= 0.6 is 23.2 Å². The Bertz CT molecular complexity index is 1220. The number of halogens is 2. The molecule has 0 bridgehead atoms. The zero-order valence-corrected chi connectivity index (χ0v) is 17.2. The Morgan fingerprint density at radius 2 is 1.77 bits per heavy atom. The lowest BCUT2D eigenvalue weighted by molar-refractivity contribution is -0.143. The molecule has 2 aromatic carbocycles. The molecule has 9 heteroatoms. The van der Waals surface area contributed by atoms with E-state index in [0.717, 1.165) is 5.56 Å². The highest BCUT2D eigenvalue weighted by Gasteiger charge is 2.48. The van der Waals surface area contributed by atoms with Crippen molar-refractivity contribution in [3.63, 3.8) is 0 Å². The van der Waals surface area contributed by atoms with Crippen LogP contribution in [0.2, 0.25) is 5.02 Å². The van der Waals surface area contributed by atoms with Crippen LogP contribution in [0.5, 0.6) is 0 Å². The van der Waals surface area contributed by atoms with E-state index in [-0.39, 0.29) is 23.1 Å². The maximum atomic E-state index is 12.8. The highest BCUT2D eigenvalue weighted by Crippen LogP contribution is 2.38. The second-order valence-electron chi connectivity index (χ2n) is 6.72. The van der Waals surface area contributed by atoms with E-state index in [1.807, 2.05) is 36.4 Å². The van der Waals surface area contributed by atoms with E-state index in [1.54, 1.807) is 24.3 Å². The van der Waals surface area contributed by atoms with Crippen molar-refractivity contribution < 1.29 is 4.79 Å². The Labute approximate surface area is 182 Å². The number of β-lactam (4-membered cyclic amide) rings is 1. The average Bonchev–Trinajstić information content (AvgIpc) is 2.77. The fraction of sp³-hybridized carbons (Fsp3) is 0.143. The minimum Gasteiger partial charge on any atom is -0.279 e. The van der Waals surface area contributed by atoms with Gasteiger partial charge in [-0.3, -0.25) is 19.6 Å². The number of nitrogens with zero attached hydrogens (tertiary/aromatic N) is 4. The zero-order chi connectivity index (χ0) is 21.4. The normalized spacial score (nSPS) is 17.9. The Hall–Kier alpha value is -3.34. The van der Waals surface area contributed by atoms with Crippen molar-refractivity contribution in [2.75, 3.05) is 5.43 Å². The molecule has 2 heterocycles. The topological polar surface area (TPSA) is 91.0 Å². The predicted molar refractivity (Wildman–Crippen MR) is 114 cm³/mol. The number of anilines is 1. The van der Waals surface area contributed by atoms with Gasteiger partial charge in [0.2, 0.25) is 5.95 Å². The van der Waals surface area contributed by atoms with Gasteiger partial charge in [0.05, 0.1) is 5.69 Å². The molecule has 3 aromatic rings. The molecule has 2 unspecified atom stereocenters. The fourth-order valence-electron chi connectivity index (χ4n) is 3.27. The van der Waals surface area contributed by atoms with Gasteiger partial charge >= 0.3 is 0 Å². The summed E-state index contributed by atoms with van der Waals surface area (Å²) in [5, 5.41) is 10.6. The summed E-state index contributed by atoms with van der Waals surface area (Å²) in [5.41, 5.74) is 3.87. The maximum absolute atomic E-state index is 12.8. The lowest BCUT2D eigenvalue weighted by Gasteiger charge is -2.44. The molecule has 0 aliphatic carbocycles. The first-order chi connectivity index (χ1) is 14.4. The summed E-state index contributed by atoms with van der Waals surface area (Å²) < 4.78 is 1.19. The molecule has 0 saturated carbocycles. The second-order valence-corrected chi connectivity index (χ2v) is 7.63. The van der Waals surface area contributed by atoms with Gasteiger partial charge < -0.3 is 0 Å². The summed E-state index contributed by atoms with van der Waals surface area (Å²) >= 11 is 12.2. The van der Waals surface area contributed by atoms with Gasteiger partial charge in [-0.2, -0.15) is 5.26 Å². The summed E-state index contributed by atoms with van der Waals surface area (Å²) in [4.78, 5) is 29.6. The molecule has 0 spiro atoms. The van der Waals surface area contributed by atoms with E-state index in [4.69, 9.17) is 23.2 Å². The standard InChI is InChI=1S/C21H15Cl2N5O2/c1-27-19(29)15(11-24)17(12-7-9-14(22)10-8-12)25-21(27)26-28-18(16(23)20(28)30)13-5-3-2-4-6-13/h2-10,16,18H,1H3,(H,25,26). The number of aromatic nitrogens is 2. The Morgan fingerprint density at radius 3 is 2.40 bits per heavy atom. The van der Waals surface area contributed by atoms with Crippen LogP contribution in [0.3, 0.4) is 0 Å².